The molecule has 3 heterocycles. The van der Waals surface area contributed by atoms with Gasteiger partial charge in [0.25, 0.3) is 0 Å². The normalized spacial score (nSPS) is 11.6. The van der Waals surface area contributed by atoms with Crippen LogP contribution in [0.25, 0.3) is 88.8 Å². The van der Waals surface area contributed by atoms with Gasteiger partial charge in [0.1, 0.15) is 11.3 Å². The number of hydrogen-bond donors (Lipinski definition) is 0. The number of fused-ring (bicyclic) bond motifs is 5. The lowest BCUT2D eigenvalue weighted by Crippen LogP contribution is -1.98. The highest BCUT2D eigenvalue weighted by atomic mass is 15.1. The molecule has 0 bridgehead atoms. The van der Waals surface area contributed by atoms with Gasteiger partial charge in [0.05, 0.1) is 11.0 Å². The van der Waals surface area contributed by atoms with Crippen molar-refractivity contribution in [2.24, 2.45) is 0 Å². The minimum Gasteiger partial charge on any atom is -0.309 e. The van der Waals surface area contributed by atoms with Crippen LogP contribution in [0.1, 0.15) is 0 Å². The van der Waals surface area contributed by atoms with Crippen LogP contribution in [0, 0.1) is 0 Å². The lowest BCUT2D eigenvalue weighted by Gasteiger charge is -2.11. The van der Waals surface area contributed by atoms with Crippen LogP contribution in [0.5, 0.6) is 0 Å². The van der Waals surface area contributed by atoms with Crippen molar-refractivity contribution < 1.29 is 0 Å². The molecule has 0 spiro atoms. The summed E-state index contributed by atoms with van der Waals surface area (Å²) in [6, 6.07) is 62.4. The Morgan fingerprint density at radius 3 is 1.82 bits per heavy atom. The van der Waals surface area contributed by atoms with Gasteiger partial charge in [-0.2, -0.15) is 0 Å². The Morgan fingerprint density at radius 2 is 1.04 bits per heavy atom. The maximum atomic E-state index is 5.36. The fraction of sp³-hybridized carbons (Fsp3) is 0. The predicted molar refractivity (Wildman–Crippen MR) is 207 cm³/mol. The van der Waals surface area contributed by atoms with E-state index in [2.05, 4.69) is 179 Å². The second-order valence-corrected chi connectivity index (χ2v) is 12.7. The van der Waals surface area contributed by atoms with E-state index in [0.29, 0.717) is 0 Å². The molecule has 0 aliphatic carbocycles. The molecule has 4 nitrogen and oxygen atoms in total. The van der Waals surface area contributed by atoms with Crippen molar-refractivity contribution >= 4 is 43.7 Å². The van der Waals surface area contributed by atoms with Crippen LogP contribution in [0.15, 0.2) is 182 Å². The fourth-order valence-electron chi connectivity index (χ4n) is 7.42. The molecule has 0 aliphatic rings. The second-order valence-electron chi connectivity index (χ2n) is 12.7. The average molecular weight is 639 g/mol. The van der Waals surface area contributed by atoms with Crippen molar-refractivity contribution in [1.82, 2.24) is 19.1 Å². The van der Waals surface area contributed by atoms with Crippen molar-refractivity contribution in [3.05, 3.63) is 182 Å². The first kappa shape index (κ1) is 28.3. The molecule has 0 saturated heterocycles. The monoisotopic (exact) mass is 638 g/mol. The van der Waals surface area contributed by atoms with E-state index >= 15 is 0 Å². The van der Waals surface area contributed by atoms with E-state index in [9.17, 15) is 0 Å². The van der Waals surface area contributed by atoms with Crippen molar-refractivity contribution in [3.8, 4) is 45.0 Å². The smallest absolute Gasteiger partial charge is 0.165 e. The molecule has 0 fully saturated rings. The van der Waals surface area contributed by atoms with Crippen LogP contribution < -0.4 is 0 Å². The Hall–Kier alpha value is -6.78. The Labute approximate surface area is 289 Å². The molecule has 10 aromatic rings. The summed E-state index contributed by atoms with van der Waals surface area (Å²) in [5.41, 5.74) is 11.7. The lowest BCUT2D eigenvalue weighted by atomic mass is 10.00. The highest BCUT2D eigenvalue weighted by molar-refractivity contribution is 6.09. The first-order chi connectivity index (χ1) is 24.8. The van der Waals surface area contributed by atoms with Gasteiger partial charge in [-0.3, -0.25) is 4.57 Å². The number of pyridine rings is 1. The first-order valence-electron chi connectivity index (χ1n) is 16.9. The summed E-state index contributed by atoms with van der Waals surface area (Å²) < 4.78 is 4.54. The van der Waals surface area contributed by atoms with Crippen LogP contribution >= 0.6 is 0 Å². The molecular weight excluding hydrogens is 609 g/mol. The predicted octanol–water partition coefficient (Wildman–Crippen LogP) is 11.7. The van der Waals surface area contributed by atoms with Gasteiger partial charge >= 0.3 is 0 Å². The van der Waals surface area contributed by atoms with Crippen molar-refractivity contribution in [1.29, 1.82) is 0 Å². The average Bonchev–Trinajstić information content (AvgIpc) is 3.75. The zero-order chi connectivity index (χ0) is 33.0. The largest absolute Gasteiger partial charge is 0.309 e. The van der Waals surface area contributed by atoms with Gasteiger partial charge in [-0.15, -0.1) is 0 Å². The molecule has 0 atom stereocenters. The number of nitrogens with zero attached hydrogens (tertiary/aromatic N) is 4. The van der Waals surface area contributed by atoms with Crippen LogP contribution in [0.4, 0.5) is 0 Å². The Kier molecular flexibility index (Phi) is 6.46. The van der Waals surface area contributed by atoms with Crippen molar-refractivity contribution in [3.63, 3.8) is 0 Å². The summed E-state index contributed by atoms with van der Waals surface area (Å²) in [6.45, 7) is 0. The lowest BCUT2D eigenvalue weighted by molar-refractivity contribution is 1.08. The first-order valence-corrected chi connectivity index (χ1v) is 16.9. The van der Waals surface area contributed by atoms with E-state index < -0.39 is 0 Å². The minimum absolute atomic E-state index is 0.824. The Morgan fingerprint density at radius 1 is 0.400 bits per heavy atom. The molecule has 0 radical (unpaired) electrons. The summed E-state index contributed by atoms with van der Waals surface area (Å²) >= 11 is 0. The number of aromatic nitrogens is 4. The topological polar surface area (TPSA) is 35.6 Å². The van der Waals surface area contributed by atoms with Gasteiger partial charge in [0, 0.05) is 39.5 Å². The third-order valence-electron chi connectivity index (χ3n) is 9.78. The quantitative estimate of drug-likeness (QED) is 0.188. The Bertz CT molecular complexity index is 2810. The molecular formula is C46H30N4. The molecule has 7 aromatic carbocycles. The molecule has 0 unspecified atom stereocenters. The SMILES string of the molecule is c1ccc(-n2c(-c3ccc(-c4ccc5ccccc5c4)cc3)nc3c(-c4cccc(-n5c6ccccc6c6ccccc65)c4)ccnc32)cc1. The maximum absolute atomic E-state index is 5.36. The number of benzene rings is 7. The number of para-hydroxylation sites is 3. The molecule has 4 heteroatoms. The molecule has 10 rings (SSSR count). The number of imidazole rings is 1. The summed E-state index contributed by atoms with van der Waals surface area (Å²) in [5.74, 6) is 0.856. The minimum atomic E-state index is 0.824. The van der Waals surface area contributed by atoms with Gasteiger partial charge in [-0.05, 0) is 76.0 Å². The molecule has 0 aliphatic heterocycles. The van der Waals surface area contributed by atoms with Gasteiger partial charge in [-0.1, -0.05) is 127 Å². The van der Waals surface area contributed by atoms with Crippen LogP contribution in [0.2, 0.25) is 0 Å². The molecule has 0 N–H and O–H groups in total. The van der Waals surface area contributed by atoms with Gasteiger partial charge in [-0.25, -0.2) is 9.97 Å². The maximum Gasteiger partial charge on any atom is 0.165 e. The van der Waals surface area contributed by atoms with Crippen LogP contribution in [-0.4, -0.2) is 19.1 Å². The van der Waals surface area contributed by atoms with Crippen LogP contribution in [0.3, 0.4) is 0 Å². The van der Waals surface area contributed by atoms with Gasteiger partial charge in [0.15, 0.2) is 5.65 Å². The van der Waals surface area contributed by atoms with E-state index in [1.165, 1.54) is 43.7 Å². The zero-order valence-corrected chi connectivity index (χ0v) is 27.1. The van der Waals surface area contributed by atoms with Crippen molar-refractivity contribution in [2.75, 3.05) is 0 Å². The van der Waals surface area contributed by atoms with E-state index in [4.69, 9.17) is 9.97 Å². The van der Waals surface area contributed by atoms with Crippen LogP contribution in [-0.2, 0) is 0 Å². The summed E-state index contributed by atoms with van der Waals surface area (Å²) in [6.07, 6.45) is 1.90. The highest BCUT2D eigenvalue weighted by Crippen LogP contribution is 2.37. The third kappa shape index (κ3) is 4.54. The standard InChI is InChI=1S/C46H30N4/c1-2-14-37(15-3-1)50-45(33-24-21-32(22-25-33)35-26-23-31-11-4-5-12-34(31)29-35)48-44-39(27-28-47-46(44)50)36-13-10-16-38(30-36)49-42-19-8-6-17-40(42)41-18-7-9-20-43(41)49/h1-30H. The van der Waals surface area contributed by atoms with Gasteiger partial charge < -0.3 is 4.57 Å². The fourth-order valence-corrected chi connectivity index (χ4v) is 7.42. The highest BCUT2D eigenvalue weighted by Gasteiger charge is 2.20. The molecule has 3 aromatic heterocycles. The molecule has 0 amide bonds. The summed E-state index contributed by atoms with van der Waals surface area (Å²) in [4.78, 5) is 10.3. The van der Waals surface area contributed by atoms with E-state index in [-0.39, 0.29) is 0 Å². The van der Waals surface area contributed by atoms with E-state index in [0.717, 1.165) is 45.1 Å². The van der Waals surface area contributed by atoms with E-state index in [1.54, 1.807) is 0 Å². The molecule has 50 heavy (non-hydrogen) atoms. The zero-order valence-electron chi connectivity index (χ0n) is 27.1. The second kappa shape index (κ2) is 11.4. The van der Waals surface area contributed by atoms with Gasteiger partial charge in [0.2, 0.25) is 0 Å². The van der Waals surface area contributed by atoms with E-state index in [1.807, 2.05) is 12.3 Å². The Balaban J connectivity index is 1.13. The summed E-state index contributed by atoms with van der Waals surface area (Å²) in [7, 11) is 0. The third-order valence-corrected chi connectivity index (χ3v) is 9.78. The summed E-state index contributed by atoms with van der Waals surface area (Å²) in [5, 5.41) is 4.98. The van der Waals surface area contributed by atoms with Crippen molar-refractivity contribution in [2.45, 2.75) is 0 Å². The number of rotatable bonds is 5. The molecule has 234 valence electrons. The molecule has 0 saturated carbocycles. The number of hydrogen-bond acceptors (Lipinski definition) is 2.